The van der Waals surface area contributed by atoms with Crippen molar-refractivity contribution in [2.75, 3.05) is 5.32 Å². The summed E-state index contributed by atoms with van der Waals surface area (Å²) in [6.07, 6.45) is 0. The van der Waals surface area contributed by atoms with Crippen molar-refractivity contribution in [1.82, 2.24) is 4.98 Å². The zero-order valence-corrected chi connectivity index (χ0v) is 12.0. The molecule has 2 rings (SSSR count). The molecule has 0 spiro atoms. The zero-order valence-electron chi connectivity index (χ0n) is 10.5. The van der Waals surface area contributed by atoms with E-state index in [1.807, 2.05) is 0 Å². The van der Waals surface area contributed by atoms with Gasteiger partial charge in [-0.05, 0) is 24.3 Å². The number of primary sulfonamides is 1. The summed E-state index contributed by atoms with van der Waals surface area (Å²) in [5.74, 6) is -0.638. The molecule has 0 radical (unpaired) electrons. The second-order valence-corrected chi connectivity index (χ2v) is 6.04. The van der Waals surface area contributed by atoms with Crippen LogP contribution in [0.1, 0.15) is 10.5 Å². The third kappa shape index (κ3) is 3.69. The average molecular weight is 328 g/mol. The van der Waals surface area contributed by atoms with E-state index in [-0.39, 0.29) is 21.3 Å². The fourth-order valence-corrected chi connectivity index (χ4v) is 2.25. The maximum absolute atomic E-state index is 12.0. The van der Waals surface area contributed by atoms with Crippen LogP contribution in [0.25, 0.3) is 0 Å². The quantitative estimate of drug-likeness (QED) is 0.776. The lowest BCUT2D eigenvalue weighted by atomic mass is 10.3. The Balaban J connectivity index is 2.35. The van der Waals surface area contributed by atoms with Gasteiger partial charge in [0.15, 0.2) is 0 Å². The molecule has 0 fully saturated rings. The predicted molar refractivity (Wildman–Crippen MR) is 77.8 cm³/mol. The number of rotatable bonds is 3. The molecule has 0 aliphatic heterocycles. The highest BCUT2D eigenvalue weighted by Crippen LogP contribution is 2.25. The molecule has 0 bridgehead atoms. The number of amides is 1. The number of halogens is 1. The minimum atomic E-state index is -3.92. The highest BCUT2D eigenvalue weighted by molar-refractivity contribution is 7.89. The van der Waals surface area contributed by atoms with E-state index in [1.54, 1.807) is 0 Å². The maximum atomic E-state index is 12.0. The molecule has 1 heterocycles. The van der Waals surface area contributed by atoms with Crippen LogP contribution >= 0.6 is 11.6 Å². The maximum Gasteiger partial charge on any atom is 0.272 e. The largest absolute Gasteiger partial charge is 0.319 e. The Kier molecular flexibility index (Phi) is 4.12. The number of carbonyl (C=O) groups excluding carboxylic acids is 1. The number of hydrogen-bond donors (Lipinski definition) is 3. The SMILES string of the molecule is NS(=O)(=O)c1ccc(Cl)c(NC(=O)c2cccc(=O)[nH]2)c1. The number of carbonyl (C=O) groups is 1. The number of anilines is 1. The van der Waals surface area contributed by atoms with Crippen molar-refractivity contribution in [2.45, 2.75) is 4.90 Å². The number of nitrogens with two attached hydrogens (primary N) is 1. The molecule has 0 unspecified atom stereocenters. The Morgan fingerprint density at radius 3 is 2.57 bits per heavy atom. The van der Waals surface area contributed by atoms with Gasteiger partial charge in [0.05, 0.1) is 15.6 Å². The molecule has 0 aliphatic rings. The van der Waals surface area contributed by atoms with Gasteiger partial charge < -0.3 is 10.3 Å². The Morgan fingerprint density at radius 1 is 1.24 bits per heavy atom. The number of sulfonamides is 1. The van der Waals surface area contributed by atoms with Gasteiger partial charge in [-0.25, -0.2) is 13.6 Å². The van der Waals surface area contributed by atoms with Crippen LogP contribution < -0.4 is 16.0 Å². The number of aromatic amines is 1. The standard InChI is InChI=1S/C12H10ClN3O4S/c13-8-5-4-7(21(14,19)20)6-10(8)16-12(18)9-2-1-3-11(17)15-9/h1-6H,(H,15,17)(H,16,18)(H2,14,19,20). The molecular formula is C12H10ClN3O4S. The van der Waals surface area contributed by atoms with Crippen LogP contribution in [0.4, 0.5) is 5.69 Å². The topological polar surface area (TPSA) is 122 Å². The van der Waals surface area contributed by atoms with E-state index in [9.17, 15) is 18.0 Å². The van der Waals surface area contributed by atoms with E-state index in [1.165, 1.54) is 30.3 Å². The van der Waals surface area contributed by atoms with Gasteiger partial charge in [-0.2, -0.15) is 0 Å². The molecule has 0 saturated heterocycles. The fourth-order valence-electron chi connectivity index (χ4n) is 1.55. The fraction of sp³-hybridized carbons (Fsp3) is 0. The van der Waals surface area contributed by atoms with E-state index >= 15 is 0 Å². The first-order chi connectivity index (χ1) is 9.77. The number of H-pyrrole nitrogens is 1. The summed E-state index contributed by atoms with van der Waals surface area (Å²) in [6, 6.07) is 7.72. The number of pyridine rings is 1. The minimum Gasteiger partial charge on any atom is -0.319 e. The number of aromatic nitrogens is 1. The van der Waals surface area contributed by atoms with Crippen molar-refractivity contribution in [3.05, 3.63) is 57.5 Å². The predicted octanol–water partition coefficient (Wildman–Crippen LogP) is 0.928. The Hall–Kier alpha value is -2.16. The molecule has 21 heavy (non-hydrogen) atoms. The molecule has 9 heteroatoms. The van der Waals surface area contributed by atoms with Gasteiger partial charge in [-0.1, -0.05) is 17.7 Å². The van der Waals surface area contributed by atoms with Gasteiger partial charge >= 0.3 is 0 Å². The Bertz CT molecular complexity index is 861. The lowest BCUT2D eigenvalue weighted by molar-refractivity contribution is 0.102. The lowest BCUT2D eigenvalue weighted by Gasteiger charge is -2.08. The van der Waals surface area contributed by atoms with Gasteiger partial charge in [-0.3, -0.25) is 9.59 Å². The third-order valence-electron chi connectivity index (χ3n) is 2.53. The summed E-state index contributed by atoms with van der Waals surface area (Å²) in [7, 11) is -3.92. The average Bonchev–Trinajstić information content (AvgIpc) is 2.40. The molecule has 110 valence electrons. The van der Waals surface area contributed by atoms with Crippen molar-refractivity contribution in [2.24, 2.45) is 5.14 Å². The lowest BCUT2D eigenvalue weighted by Crippen LogP contribution is -2.18. The second kappa shape index (κ2) is 5.68. The summed E-state index contributed by atoms with van der Waals surface area (Å²) < 4.78 is 22.5. The monoisotopic (exact) mass is 327 g/mol. The highest BCUT2D eigenvalue weighted by Gasteiger charge is 2.13. The van der Waals surface area contributed by atoms with Crippen molar-refractivity contribution >= 4 is 33.2 Å². The van der Waals surface area contributed by atoms with Gasteiger partial charge in [0, 0.05) is 6.07 Å². The van der Waals surface area contributed by atoms with Gasteiger partial charge in [0.25, 0.3) is 5.91 Å². The Morgan fingerprint density at radius 2 is 1.95 bits per heavy atom. The zero-order chi connectivity index (χ0) is 15.6. The first-order valence-electron chi connectivity index (χ1n) is 5.60. The van der Waals surface area contributed by atoms with Crippen LogP contribution in [0.15, 0.2) is 46.1 Å². The normalized spacial score (nSPS) is 11.1. The van der Waals surface area contributed by atoms with Gasteiger partial charge in [0.1, 0.15) is 5.69 Å². The van der Waals surface area contributed by atoms with E-state index in [0.29, 0.717) is 0 Å². The molecule has 1 aromatic carbocycles. The molecule has 4 N–H and O–H groups in total. The van der Waals surface area contributed by atoms with E-state index in [0.717, 1.165) is 6.07 Å². The molecule has 2 aromatic rings. The molecule has 0 saturated carbocycles. The number of nitrogens with one attached hydrogen (secondary N) is 2. The van der Waals surface area contributed by atoms with Crippen LogP contribution in [-0.2, 0) is 10.0 Å². The summed E-state index contributed by atoms with van der Waals surface area (Å²) >= 11 is 5.89. The van der Waals surface area contributed by atoms with E-state index in [4.69, 9.17) is 16.7 Å². The second-order valence-electron chi connectivity index (χ2n) is 4.07. The van der Waals surface area contributed by atoms with Crippen LogP contribution in [0.3, 0.4) is 0 Å². The summed E-state index contributed by atoms with van der Waals surface area (Å²) in [6.45, 7) is 0. The van der Waals surface area contributed by atoms with Crippen molar-refractivity contribution in [3.63, 3.8) is 0 Å². The van der Waals surface area contributed by atoms with Crippen LogP contribution in [0, 0.1) is 0 Å². The van der Waals surface area contributed by atoms with Crippen molar-refractivity contribution < 1.29 is 13.2 Å². The smallest absolute Gasteiger partial charge is 0.272 e. The van der Waals surface area contributed by atoms with E-state index in [2.05, 4.69) is 10.3 Å². The Labute approximate surface area is 124 Å². The molecule has 1 aromatic heterocycles. The van der Waals surface area contributed by atoms with Crippen LogP contribution in [-0.4, -0.2) is 19.3 Å². The summed E-state index contributed by atoms with van der Waals surface area (Å²) in [5.41, 5.74) is -0.357. The van der Waals surface area contributed by atoms with Gasteiger partial charge in [0.2, 0.25) is 15.6 Å². The molecule has 1 amide bonds. The van der Waals surface area contributed by atoms with E-state index < -0.39 is 21.5 Å². The van der Waals surface area contributed by atoms with Crippen molar-refractivity contribution in [1.29, 1.82) is 0 Å². The van der Waals surface area contributed by atoms with Crippen LogP contribution in [0.5, 0.6) is 0 Å². The molecule has 0 aliphatic carbocycles. The van der Waals surface area contributed by atoms with Crippen LogP contribution in [0.2, 0.25) is 5.02 Å². The minimum absolute atomic E-state index is 0.0135. The number of hydrogen-bond acceptors (Lipinski definition) is 4. The first kappa shape index (κ1) is 15.2. The third-order valence-corrected chi connectivity index (χ3v) is 3.77. The van der Waals surface area contributed by atoms with Crippen molar-refractivity contribution in [3.8, 4) is 0 Å². The molecular weight excluding hydrogens is 318 g/mol. The molecule has 7 nitrogen and oxygen atoms in total. The summed E-state index contributed by atoms with van der Waals surface area (Å²) in [4.78, 5) is 25.2. The number of benzene rings is 1. The first-order valence-corrected chi connectivity index (χ1v) is 7.53. The molecule has 0 atom stereocenters. The summed E-state index contributed by atoms with van der Waals surface area (Å²) in [5, 5.41) is 7.54. The highest BCUT2D eigenvalue weighted by atomic mass is 35.5. The van der Waals surface area contributed by atoms with Gasteiger partial charge in [-0.15, -0.1) is 0 Å².